The molecule has 1 N–H and O–H groups in total. The Morgan fingerprint density at radius 2 is 1.50 bits per heavy atom. The highest BCUT2D eigenvalue weighted by Gasteiger charge is 2.20. The Morgan fingerprint density at radius 1 is 0.853 bits per heavy atom. The highest BCUT2D eigenvalue weighted by atomic mass is 35.5. The van der Waals surface area contributed by atoms with Crippen LogP contribution in [0.4, 0.5) is 17.8 Å². The van der Waals surface area contributed by atoms with Crippen molar-refractivity contribution < 1.29 is 13.9 Å². The summed E-state index contributed by atoms with van der Waals surface area (Å²) < 4.78 is 16.8. The maximum atomic E-state index is 6.27. The third-order valence-electron chi connectivity index (χ3n) is 5.38. The van der Waals surface area contributed by atoms with Crippen LogP contribution in [0.2, 0.25) is 10.0 Å². The number of furan rings is 1. The number of hydrazone groups is 1. The van der Waals surface area contributed by atoms with Gasteiger partial charge in [-0.3, -0.25) is 0 Å². The smallest absolute Gasteiger partial charge is 0.250 e. The molecule has 2 aliphatic rings. The van der Waals surface area contributed by atoms with E-state index in [2.05, 4.69) is 35.3 Å². The molecule has 0 saturated carbocycles. The summed E-state index contributed by atoms with van der Waals surface area (Å²) in [6, 6.07) is 8.83. The van der Waals surface area contributed by atoms with Crippen molar-refractivity contribution in [3.8, 4) is 11.3 Å². The van der Waals surface area contributed by atoms with Crippen molar-refractivity contribution in [3.63, 3.8) is 0 Å². The number of morpholine rings is 2. The van der Waals surface area contributed by atoms with Gasteiger partial charge in [0.2, 0.25) is 17.8 Å². The maximum Gasteiger partial charge on any atom is 0.250 e. The first kappa shape index (κ1) is 22.9. The number of nitrogens with one attached hydrogen (secondary N) is 1. The van der Waals surface area contributed by atoms with Crippen molar-refractivity contribution >= 4 is 47.3 Å². The minimum atomic E-state index is 0.346. The number of benzene rings is 1. The molecule has 1 aromatic carbocycles. The van der Waals surface area contributed by atoms with Gasteiger partial charge < -0.3 is 23.7 Å². The Labute approximate surface area is 206 Å². The molecule has 0 unspecified atom stereocenters. The molecule has 0 spiro atoms. The van der Waals surface area contributed by atoms with Crippen LogP contribution in [0.25, 0.3) is 11.3 Å². The Morgan fingerprint density at radius 3 is 2.15 bits per heavy atom. The number of rotatable bonds is 6. The lowest BCUT2D eigenvalue weighted by atomic mass is 10.2. The summed E-state index contributed by atoms with van der Waals surface area (Å²) in [7, 11) is 0. The van der Waals surface area contributed by atoms with Crippen LogP contribution in [0, 0.1) is 0 Å². The molecular formula is C22H23Cl2N7O3. The lowest BCUT2D eigenvalue weighted by Crippen LogP contribution is -2.40. The van der Waals surface area contributed by atoms with Crippen molar-refractivity contribution in [2.24, 2.45) is 5.10 Å². The van der Waals surface area contributed by atoms with E-state index in [0.29, 0.717) is 71.4 Å². The minimum absolute atomic E-state index is 0.346. The zero-order valence-electron chi connectivity index (χ0n) is 18.3. The summed E-state index contributed by atoms with van der Waals surface area (Å²) in [5.41, 5.74) is 3.62. The fraction of sp³-hybridized carbons (Fsp3) is 0.364. The summed E-state index contributed by atoms with van der Waals surface area (Å²) in [4.78, 5) is 18.0. The van der Waals surface area contributed by atoms with Crippen LogP contribution in [0.3, 0.4) is 0 Å². The first-order valence-corrected chi connectivity index (χ1v) is 11.7. The van der Waals surface area contributed by atoms with Gasteiger partial charge in [-0.2, -0.15) is 20.1 Å². The van der Waals surface area contributed by atoms with E-state index in [1.54, 1.807) is 30.5 Å². The molecule has 2 fully saturated rings. The van der Waals surface area contributed by atoms with E-state index in [-0.39, 0.29) is 0 Å². The zero-order valence-corrected chi connectivity index (χ0v) is 19.8. The van der Waals surface area contributed by atoms with Crippen molar-refractivity contribution in [1.29, 1.82) is 0 Å². The largest absolute Gasteiger partial charge is 0.455 e. The van der Waals surface area contributed by atoms with Gasteiger partial charge in [-0.1, -0.05) is 23.2 Å². The topological polar surface area (TPSA) is 101 Å². The van der Waals surface area contributed by atoms with Crippen LogP contribution in [-0.4, -0.2) is 73.8 Å². The van der Waals surface area contributed by atoms with Crippen LogP contribution in [0.1, 0.15) is 5.76 Å². The second-order valence-corrected chi connectivity index (χ2v) is 8.50. The molecule has 10 nitrogen and oxygen atoms in total. The Kier molecular flexibility index (Phi) is 7.10. The zero-order chi connectivity index (χ0) is 23.3. The van der Waals surface area contributed by atoms with Crippen molar-refractivity contribution in [3.05, 3.63) is 46.1 Å². The normalized spacial score (nSPS) is 16.9. The van der Waals surface area contributed by atoms with E-state index in [4.69, 9.17) is 37.1 Å². The van der Waals surface area contributed by atoms with Gasteiger partial charge in [0, 0.05) is 36.8 Å². The Hall–Kier alpha value is -2.92. The molecule has 5 rings (SSSR count). The fourth-order valence-electron chi connectivity index (χ4n) is 3.62. The van der Waals surface area contributed by atoms with Gasteiger partial charge in [0.15, 0.2) is 0 Å². The monoisotopic (exact) mass is 503 g/mol. The third-order valence-corrected chi connectivity index (χ3v) is 5.94. The van der Waals surface area contributed by atoms with Crippen LogP contribution >= 0.6 is 23.2 Å². The standard InChI is InChI=1S/C22H23Cl2N7O3/c23-15-1-3-18(24)17(13-15)19-4-2-16(34-19)14-25-29-20-26-21(30-5-9-32-10-6-30)28-22(27-20)31-7-11-33-12-8-31/h1-4,13-14H,5-12H2,(H,26,27,28,29)/b25-14+. The summed E-state index contributed by atoms with van der Waals surface area (Å²) in [6.45, 7) is 5.42. The van der Waals surface area contributed by atoms with Gasteiger partial charge in [-0.15, -0.1) is 0 Å². The molecule has 0 radical (unpaired) electrons. The third kappa shape index (κ3) is 5.41. The number of hydrogen-bond donors (Lipinski definition) is 1. The lowest BCUT2D eigenvalue weighted by Gasteiger charge is -2.30. The Balaban J connectivity index is 1.34. The highest BCUT2D eigenvalue weighted by molar-refractivity contribution is 6.35. The summed E-state index contributed by atoms with van der Waals surface area (Å²) >= 11 is 12.4. The van der Waals surface area contributed by atoms with Crippen molar-refractivity contribution in [2.75, 3.05) is 67.8 Å². The molecule has 0 amide bonds. The van der Waals surface area contributed by atoms with E-state index in [1.165, 1.54) is 0 Å². The molecule has 0 atom stereocenters. The Bertz CT molecular complexity index is 1120. The molecule has 2 aromatic heterocycles. The number of aromatic nitrogens is 3. The molecule has 34 heavy (non-hydrogen) atoms. The average molecular weight is 504 g/mol. The number of nitrogens with zero attached hydrogens (tertiary/aromatic N) is 6. The lowest BCUT2D eigenvalue weighted by molar-refractivity contribution is 0.121. The van der Waals surface area contributed by atoms with Crippen LogP contribution in [0.15, 0.2) is 39.9 Å². The van der Waals surface area contributed by atoms with Gasteiger partial charge in [0.25, 0.3) is 0 Å². The fourth-order valence-corrected chi connectivity index (χ4v) is 4.00. The summed E-state index contributed by atoms with van der Waals surface area (Å²) in [6.07, 6.45) is 1.55. The summed E-state index contributed by atoms with van der Waals surface area (Å²) in [5, 5.41) is 5.40. The quantitative estimate of drug-likeness (QED) is 0.399. The number of hydrogen-bond acceptors (Lipinski definition) is 10. The second kappa shape index (κ2) is 10.6. The molecule has 4 heterocycles. The first-order chi connectivity index (χ1) is 16.7. The van der Waals surface area contributed by atoms with Gasteiger partial charge >= 0.3 is 0 Å². The predicted molar refractivity (Wildman–Crippen MR) is 131 cm³/mol. The van der Waals surface area contributed by atoms with Crippen molar-refractivity contribution in [1.82, 2.24) is 15.0 Å². The molecular weight excluding hydrogens is 481 g/mol. The van der Waals surface area contributed by atoms with Crippen LogP contribution in [0.5, 0.6) is 0 Å². The first-order valence-electron chi connectivity index (χ1n) is 10.9. The van der Waals surface area contributed by atoms with Crippen molar-refractivity contribution in [2.45, 2.75) is 0 Å². The van der Waals surface area contributed by atoms with Gasteiger partial charge in [-0.05, 0) is 30.3 Å². The van der Waals surface area contributed by atoms with E-state index >= 15 is 0 Å². The van der Waals surface area contributed by atoms with Gasteiger partial charge in [-0.25, -0.2) is 5.43 Å². The van der Waals surface area contributed by atoms with Crippen LogP contribution in [-0.2, 0) is 9.47 Å². The molecule has 0 bridgehead atoms. The van der Waals surface area contributed by atoms with Gasteiger partial charge in [0.05, 0.1) is 37.7 Å². The summed E-state index contributed by atoms with van der Waals surface area (Å²) in [5.74, 6) is 2.66. The molecule has 178 valence electrons. The van der Waals surface area contributed by atoms with Gasteiger partial charge in [0.1, 0.15) is 11.5 Å². The SMILES string of the molecule is Clc1ccc(Cl)c(-c2ccc(/C=N/Nc3nc(N4CCOCC4)nc(N4CCOCC4)n3)o2)c1. The molecule has 3 aromatic rings. The minimum Gasteiger partial charge on any atom is -0.455 e. The van der Waals surface area contributed by atoms with E-state index in [9.17, 15) is 0 Å². The molecule has 2 saturated heterocycles. The number of halogens is 2. The predicted octanol–water partition coefficient (Wildman–Crippen LogP) is 3.56. The van der Waals surface area contributed by atoms with E-state index in [0.717, 1.165) is 26.2 Å². The molecule has 2 aliphatic heterocycles. The van der Waals surface area contributed by atoms with Crippen LogP contribution < -0.4 is 15.2 Å². The average Bonchev–Trinajstić information content (AvgIpc) is 3.35. The molecule has 12 heteroatoms. The highest BCUT2D eigenvalue weighted by Crippen LogP contribution is 2.31. The van der Waals surface area contributed by atoms with E-state index in [1.807, 2.05) is 6.07 Å². The van der Waals surface area contributed by atoms with E-state index < -0.39 is 0 Å². The number of anilines is 3. The second-order valence-electron chi connectivity index (χ2n) is 7.65. The maximum absolute atomic E-state index is 6.27. The number of ether oxygens (including phenoxy) is 2. The molecule has 0 aliphatic carbocycles.